The molecule has 0 fully saturated rings. The maximum atomic E-state index is 5.45. The summed E-state index contributed by atoms with van der Waals surface area (Å²) >= 11 is 5.45. The van der Waals surface area contributed by atoms with E-state index in [1.54, 1.807) is 14.2 Å². The summed E-state index contributed by atoms with van der Waals surface area (Å²) in [6, 6.07) is 0. The molecule has 0 aromatic carbocycles. The summed E-state index contributed by atoms with van der Waals surface area (Å²) in [6.07, 6.45) is 1.71. The van der Waals surface area contributed by atoms with Gasteiger partial charge in [-0.3, -0.25) is 0 Å². The fourth-order valence-electron chi connectivity index (χ4n) is 0.525. The molecule has 0 bridgehead atoms. The first-order valence-corrected chi connectivity index (χ1v) is 3.98. The van der Waals surface area contributed by atoms with Crippen LogP contribution in [0.25, 0.3) is 0 Å². The normalized spacial score (nSPS) is 8.64. The summed E-state index contributed by atoms with van der Waals surface area (Å²) in [4.78, 5) is 0. The van der Waals surface area contributed by atoms with Crippen LogP contribution in [0.15, 0.2) is 0 Å². The van der Waals surface area contributed by atoms with Gasteiger partial charge < -0.3 is 9.31 Å². The van der Waals surface area contributed by atoms with Gasteiger partial charge in [0.15, 0.2) is 0 Å². The Morgan fingerprint density at radius 3 is 2.45 bits per heavy atom. The second kappa shape index (κ2) is 7.94. The smallest absolute Gasteiger partial charge is 0.403 e. The van der Waals surface area contributed by atoms with E-state index in [-0.39, 0.29) is 0 Å². The van der Waals surface area contributed by atoms with Crippen LogP contribution in [0.4, 0.5) is 0 Å². The van der Waals surface area contributed by atoms with Crippen molar-refractivity contribution in [3.8, 4) is 11.7 Å². The molecule has 4 heteroatoms. The van der Waals surface area contributed by atoms with Gasteiger partial charge in [-0.2, -0.15) is 0 Å². The van der Waals surface area contributed by atoms with Crippen LogP contribution >= 0.6 is 11.6 Å². The summed E-state index contributed by atoms with van der Waals surface area (Å²) in [5.41, 5.74) is 0. The zero-order valence-electron chi connectivity index (χ0n) is 6.89. The number of halogens is 1. The minimum Gasteiger partial charge on any atom is -0.403 e. The van der Waals surface area contributed by atoms with Crippen molar-refractivity contribution in [3.63, 3.8) is 0 Å². The van der Waals surface area contributed by atoms with Crippen LogP contribution in [-0.2, 0) is 9.31 Å². The van der Waals surface area contributed by atoms with Gasteiger partial charge in [0.05, 0.1) is 0 Å². The van der Waals surface area contributed by atoms with Crippen LogP contribution in [0.1, 0.15) is 12.8 Å². The third-order valence-electron chi connectivity index (χ3n) is 1.08. The summed E-state index contributed by atoms with van der Waals surface area (Å²) in [5.74, 6) is 6.36. The Kier molecular flexibility index (Phi) is 7.82. The monoisotopic (exact) mass is 174 g/mol. The molecule has 0 aliphatic carbocycles. The van der Waals surface area contributed by atoms with Gasteiger partial charge in [-0.1, -0.05) is 5.82 Å². The first-order valence-electron chi connectivity index (χ1n) is 3.45. The summed E-state index contributed by atoms with van der Waals surface area (Å²) in [5, 5.41) is 0. The zero-order chi connectivity index (χ0) is 8.53. The standard InChI is InChI=1S/C7H12BClO2/c1-10-8(11-2)6-4-3-5-7-9/h3,5,7H2,1-2H3. The SMILES string of the molecule is COB(C#CCCCCl)OC. The average molecular weight is 174 g/mol. The van der Waals surface area contributed by atoms with Crippen molar-refractivity contribution in [1.82, 2.24) is 0 Å². The van der Waals surface area contributed by atoms with Crippen LogP contribution < -0.4 is 0 Å². The van der Waals surface area contributed by atoms with Crippen molar-refractivity contribution in [2.75, 3.05) is 20.1 Å². The van der Waals surface area contributed by atoms with Crippen LogP contribution in [-0.4, -0.2) is 27.2 Å². The molecule has 0 aromatic heterocycles. The lowest BCUT2D eigenvalue weighted by Crippen LogP contribution is -2.16. The highest BCUT2D eigenvalue weighted by Gasteiger charge is 2.08. The van der Waals surface area contributed by atoms with Gasteiger partial charge in [0.25, 0.3) is 0 Å². The zero-order valence-corrected chi connectivity index (χ0v) is 7.65. The van der Waals surface area contributed by atoms with Gasteiger partial charge in [-0.15, -0.1) is 17.5 Å². The van der Waals surface area contributed by atoms with E-state index in [0.717, 1.165) is 12.8 Å². The van der Waals surface area contributed by atoms with Crippen molar-refractivity contribution in [3.05, 3.63) is 0 Å². The van der Waals surface area contributed by atoms with E-state index in [0.29, 0.717) is 5.88 Å². The maximum Gasteiger partial charge on any atom is 0.549 e. The lowest BCUT2D eigenvalue weighted by molar-refractivity contribution is 0.293. The predicted octanol–water partition coefficient (Wildman–Crippen LogP) is 1.33. The molecule has 0 N–H and O–H groups in total. The van der Waals surface area contributed by atoms with E-state index in [9.17, 15) is 0 Å². The molecular weight excluding hydrogens is 162 g/mol. The van der Waals surface area contributed by atoms with Crippen molar-refractivity contribution in [1.29, 1.82) is 0 Å². The fraction of sp³-hybridized carbons (Fsp3) is 0.714. The molecule has 0 saturated carbocycles. The number of hydrogen-bond acceptors (Lipinski definition) is 2. The molecule has 0 unspecified atom stereocenters. The molecule has 0 atom stereocenters. The Hall–Kier alpha value is -0.165. The van der Waals surface area contributed by atoms with Gasteiger partial charge in [0.1, 0.15) is 0 Å². The molecule has 62 valence electrons. The minimum atomic E-state index is -0.398. The van der Waals surface area contributed by atoms with Crippen LogP contribution in [0.2, 0.25) is 0 Å². The van der Waals surface area contributed by atoms with E-state index < -0.39 is 7.12 Å². The summed E-state index contributed by atoms with van der Waals surface area (Å²) < 4.78 is 9.70. The molecule has 0 aromatic rings. The summed E-state index contributed by atoms with van der Waals surface area (Å²) in [6.45, 7) is 0. The molecule has 0 saturated heterocycles. The highest BCUT2D eigenvalue weighted by Crippen LogP contribution is 1.89. The lowest BCUT2D eigenvalue weighted by Gasteiger charge is -1.97. The Bertz CT molecular complexity index is 137. The number of alkyl halides is 1. The lowest BCUT2D eigenvalue weighted by atomic mass is 9.92. The second-order valence-corrected chi connectivity index (χ2v) is 2.29. The van der Waals surface area contributed by atoms with Crippen LogP contribution in [0.3, 0.4) is 0 Å². The first-order chi connectivity index (χ1) is 5.35. The largest absolute Gasteiger partial charge is 0.549 e. The van der Waals surface area contributed by atoms with E-state index in [2.05, 4.69) is 11.7 Å². The van der Waals surface area contributed by atoms with Crippen molar-refractivity contribution >= 4 is 18.7 Å². The third-order valence-corrected chi connectivity index (χ3v) is 1.35. The molecule has 2 nitrogen and oxygen atoms in total. The predicted molar refractivity (Wildman–Crippen MR) is 47.5 cm³/mol. The van der Waals surface area contributed by atoms with Crippen molar-refractivity contribution in [2.24, 2.45) is 0 Å². The first kappa shape index (κ1) is 10.8. The highest BCUT2D eigenvalue weighted by molar-refractivity contribution is 6.54. The van der Waals surface area contributed by atoms with E-state index in [1.807, 2.05) is 0 Å². The van der Waals surface area contributed by atoms with E-state index in [1.165, 1.54) is 0 Å². The highest BCUT2D eigenvalue weighted by atomic mass is 35.5. The van der Waals surface area contributed by atoms with Crippen LogP contribution in [0, 0.1) is 11.7 Å². The van der Waals surface area contributed by atoms with Crippen LogP contribution in [0.5, 0.6) is 0 Å². The molecule has 0 amide bonds. The molecule has 0 spiro atoms. The Morgan fingerprint density at radius 2 is 2.00 bits per heavy atom. The van der Waals surface area contributed by atoms with Gasteiger partial charge in [-0.05, 0) is 6.42 Å². The summed E-state index contributed by atoms with van der Waals surface area (Å²) in [7, 11) is 2.72. The molecule has 0 aliphatic heterocycles. The number of unbranched alkanes of at least 4 members (excludes halogenated alkanes) is 1. The third kappa shape index (κ3) is 6.24. The minimum absolute atomic E-state index is 0.398. The molecule has 0 heterocycles. The molecule has 11 heavy (non-hydrogen) atoms. The molecular formula is C7H12BClO2. The van der Waals surface area contributed by atoms with Gasteiger partial charge in [-0.25, -0.2) is 0 Å². The number of hydrogen-bond donors (Lipinski definition) is 0. The van der Waals surface area contributed by atoms with Crippen molar-refractivity contribution in [2.45, 2.75) is 12.8 Å². The van der Waals surface area contributed by atoms with E-state index >= 15 is 0 Å². The van der Waals surface area contributed by atoms with Gasteiger partial charge in [0.2, 0.25) is 0 Å². The van der Waals surface area contributed by atoms with Crippen molar-refractivity contribution < 1.29 is 9.31 Å². The maximum absolute atomic E-state index is 5.45. The second-order valence-electron chi connectivity index (χ2n) is 1.92. The molecule has 0 rings (SSSR count). The fourth-order valence-corrected chi connectivity index (χ4v) is 0.658. The Balaban J connectivity index is 3.47. The quantitative estimate of drug-likeness (QED) is 0.277. The van der Waals surface area contributed by atoms with Gasteiger partial charge in [0, 0.05) is 26.5 Å². The average Bonchev–Trinajstić information content (AvgIpc) is 2.05. The number of rotatable bonds is 4. The molecule has 0 radical (unpaired) electrons. The van der Waals surface area contributed by atoms with E-state index in [4.69, 9.17) is 20.9 Å². The Labute approximate surface area is 73.4 Å². The Morgan fingerprint density at radius 1 is 1.36 bits per heavy atom. The van der Waals surface area contributed by atoms with Gasteiger partial charge >= 0.3 is 7.12 Å². The topological polar surface area (TPSA) is 18.5 Å². The molecule has 0 aliphatic rings.